The van der Waals surface area contributed by atoms with Gasteiger partial charge in [0.25, 0.3) is 5.91 Å². The van der Waals surface area contributed by atoms with Crippen LogP contribution in [-0.2, 0) is 7.05 Å². The molecule has 2 heterocycles. The van der Waals surface area contributed by atoms with Gasteiger partial charge in [0.1, 0.15) is 17.4 Å². The minimum absolute atomic E-state index is 0.272. The highest BCUT2D eigenvalue weighted by Gasteiger charge is 2.24. The summed E-state index contributed by atoms with van der Waals surface area (Å²) in [6.45, 7) is 0. The van der Waals surface area contributed by atoms with Crippen molar-refractivity contribution in [3.63, 3.8) is 0 Å². The minimum atomic E-state index is -0.420. The van der Waals surface area contributed by atoms with E-state index in [2.05, 4.69) is 10.3 Å². The van der Waals surface area contributed by atoms with Crippen LogP contribution < -0.4 is 10.1 Å². The number of imidazole rings is 1. The van der Waals surface area contributed by atoms with Crippen LogP contribution in [-0.4, -0.2) is 27.6 Å². The fourth-order valence-corrected chi connectivity index (χ4v) is 3.30. The van der Waals surface area contributed by atoms with Crippen LogP contribution in [0.15, 0.2) is 72.9 Å². The molecule has 0 aliphatic rings. The van der Waals surface area contributed by atoms with Crippen molar-refractivity contribution in [2.75, 3.05) is 7.11 Å². The van der Waals surface area contributed by atoms with Crippen LogP contribution in [0.4, 0.5) is 0 Å². The minimum Gasteiger partial charge on any atom is -0.480 e. The lowest BCUT2D eigenvalue weighted by atomic mass is 10.1. The van der Waals surface area contributed by atoms with Crippen molar-refractivity contribution in [2.24, 2.45) is 7.05 Å². The van der Waals surface area contributed by atoms with Crippen molar-refractivity contribution < 1.29 is 9.53 Å². The molecule has 0 saturated carbocycles. The van der Waals surface area contributed by atoms with E-state index in [1.54, 1.807) is 18.3 Å². The monoisotopic (exact) mass is 372 g/mol. The molecule has 1 unspecified atom stereocenters. The van der Waals surface area contributed by atoms with Crippen LogP contribution in [0.2, 0.25) is 0 Å². The Hall–Kier alpha value is -3.67. The molecular weight excluding hydrogens is 352 g/mol. The molecule has 1 N–H and O–H groups in total. The number of fused-ring (bicyclic) bond motifs is 1. The van der Waals surface area contributed by atoms with Crippen LogP contribution in [0.25, 0.3) is 11.0 Å². The molecule has 0 fully saturated rings. The average molecular weight is 372 g/mol. The molecule has 0 aliphatic heterocycles. The third kappa shape index (κ3) is 3.20. The molecule has 1 atom stereocenters. The topological polar surface area (TPSA) is 69.0 Å². The van der Waals surface area contributed by atoms with Gasteiger partial charge >= 0.3 is 0 Å². The largest absolute Gasteiger partial charge is 0.480 e. The number of amides is 1. The van der Waals surface area contributed by atoms with Gasteiger partial charge in [0.2, 0.25) is 5.88 Å². The lowest BCUT2D eigenvalue weighted by Crippen LogP contribution is -2.31. The van der Waals surface area contributed by atoms with Gasteiger partial charge in [-0.2, -0.15) is 0 Å². The van der Waals surface area contributed by atoms with E-state index >= 15 is 0 Å². The highest BCUT2D eigenvalue weighted by molar-refractivity contribution is 5.96. The Bertz CT molecular complexity index is 1120. The first-order valence-electron chi connectivity index (χ1n) is 8.95. The number of aromatic nitrogens is 3. The molecule has 140 valence electrons. The number of para-hydroxylation sites is 2. The van der Waals surface area contributed by atoms with Gasteiger partial charge in [-0.05, 0) is 29.8 Å². The molecule has 2 aromatic carbocycles. The van der Waals surface area contributed by atoms with Gasteiger partial charge in [-0.1, -0.05) is 42.5 Å². The van der Waals surface area contributed by atoms with Crippen LogP contribution in [0.3, 0.4) is 0 Å². The number of nitrogens with zero attached hydrogens (tertiary/aromatic N) is 3. The van der Waals surface area contributed by atoms with Gasteiger partial charge in [0.05, 0.1) is 18.1 Å². The van der Waals surface area contributed by atoms with Crippen molar-refractivity contribution in [3.8, 4) is 5.88 Å². The Morgan fingerprint density at radius 1 is 1.04 bits per heavy atom. The number of hydrogen-bond donors (Lipinski definition) is 1. The molecular formula is C22H20N4O2. The van der Waals surface area contributed by atoms with Gasteiger partial charge in [-0.3, -0.25) is 4.79 Å². The summed E-state index contributed by atoms with van der Waals surface area (Å²) >= 11 is 0. The zero-order valence-corrected chi connectivity index (χ0v) is 15.7. The van der Waals surface area contributed by atoms with Crippen LogP contribution in [0, 0.1) is 0 Å². The molecule has 4 aromatic rings. The number of methoxy groups -OCH3 is 1. The van der Waals surface area contributed by atoms with Crippen molar-refractivity contribution in [3.05, 3.63) is 89.9 Å². The number of pyridine rings is 1. The normalized spacial score (nSPS) is 11.9. The van der Waals surface area contributed by atoms with Crippen LogP contribution >= 0.6 is 0 Å². The highest BCUT2D eigenvalue weighted by atomic mass is 16.5. The van der Waals surface area contributed by atoms with Gasteiger partial charge < -0.3 is 14.6 Å². The number of carbonyl (C=O) groups is 1. The Morgan fingerprint density at radius 2 is 1.79 bits per heavy atom. The first-order valence-corrected chi connectivity index (χ1v) is 8.95. The summed E-state index contributed by atoms with van der Waals surface area (Å²) in [5, 5.41) is 3.10. The lowest BCUT2D eigenvalue weighted by molar-refractivity contribution is 0.0937. The van der Waals surface area contributed by atoms with E-state index in [-0.39, 0.29) is 11.8 Å². The number of ether oxygens (including phenoxy) is 1. The molecule has 0 spiro atoms. The second kappa shape index (κ2) is 7.52. The summed E-state index contributed by atoms with van der Waals surface area (Å²) in [6, 6.07) is 20.7. The van der Waals surface area contributed by atoms with Crippen molar-refractivity contribution >= 4 is 16.9 Å². The van der Waals surface area contributed by atoms with E-state index < -0.39 is 6.04 Å². The fourth-order valence-electron chi connectivity index (χ4n) is 3.30. The standard InChI is InChI=1S/C22H20N4O2/c1-26-18-13-7-6-12-17(18)24-20(26)19(15-9-4-3-5-10-15)25-21(27)16-11-8-14-23-22(16)28-2/h3-14,19H,1-2H3,(H,25,27). The lowest BCUT2D eigenvalue weighted by Gasteiger charge is -2.19. The summed E-state index contributed by atoms with van der Waals surface area (Å²) in [5.41, 5.74) is 3.21. The van der Waals surface area contributed by atoms with Gasteiger partial charge in [0, 0.05) is 13.2 Å². The Labute approximate surface area is 162 Å². The van der Waals surface area contributed by atoms with Gasteiger partial charge in [-0.25, -0.2) is 9.97 Å². The quantitative estimate of drug-likeness (QED) is 0.582. The predicted octanol–water partition coefficient (Wildman–Crippen LogP) is 3.50. The molecule has 6 heteroatoms. The molecule has 1 amide bonds. The number of aryl methyl sites for hydroxylation is 1. The molecule has 4 rings (SSSR count). The molecule has 0 saturated heterocycles. The third-order valence-electron chi connectivity index (χ3n) is 4.70. The van der Waals surface area contributed by atoms with Crippen LogP contribution in [0.1, 0.15) is 27.8 Å². The summed E-state index contributed by atoms with van der Waals surface area (Å²) in [4.78, 5) is 21.9. The first kappa shape index (κ1) is 17.7. The summed E-state index contributed by atoms with van der Waals surface area (Å²) < 4.78 is 7.25. The molecule has 28 heavy (non-hydrogen) atoms. The van der Waals surface area contributed by atoms with E-state index in [0.29, 0.717) is 5.56 Å². The summed E-state index contributed by atoms with van der Waals surface area (Å²) in [7, 11) is 3.46. The van der Waals surface area contributed by atoms with Gasteiger partial charge in [0.15, 0.2) is 0 Å². The maximum Gasteiger partial charge on any atom is 0.257 e. The van der Waals surface area contributed by atoms with E-state index in [9.17, 15) is 4.79 Å². The van der Waals surface area contributed by atoms with Crippen molar-refractivity contribution in [2.45, 2.75) is 6.04 Å². The molecule has 6 nitrogen and oxygen atoms in total. The average Bonchev–Trinajstić information content (AvgIpc) is 3.09. The van der Waals surface area contributed by atoms with E-state index in [0.717, 1.165) is 22.4 Å². The third-order valence-corrected chi connectivity index (χ3v) is 4.70. The summed E-state index contributed by atoms with van der Waals surface area (Å²) in [6.07, 6.45) is 1.59. The second-order valence-electron chi connectivity index (χ2n) is 6.40. The smallest absolute Gasteiger partial charge is 0.257 e. The predicted molar refractivity (Wildman–Crippen MR) is 107 cm³/mol. The summed E-state index contributed by atoms with van der Waals surface area (Å²) in [5.74, 6) is 0.770. The van der Waals surface area contributed by atoms with Crippen molar-refractivity contribution in [1.29, 1.82) is 0 Å². The SMILES string of the molecule is COc1ncccc1C(=O)NC(c1ccccc1)c1nc2ccccc2n1C. The number of rotatable bonds is 5. The Balaban J connectivity index is 1.78. The zero-order valence-electron chi connectivity index (χ0n) is 15.7. The Morgan fingerprint density at radius 3 is 2.54 bits per heavy atom. The zero-order chi connectivity index (χ0) is 19.5. The molecule has 0 bridgehead atoms. The Kier molecular flexibility index (Phi) is 4.76. The van der Waals surface area contributed by atoms with Gasteiger partial charge in [-0.15, -0.1) is 0 Å². The van der Waals surface area contributed by atoms with E-state index in [1.807, 2.05) is 66.2 Å². The van der Waals surface area contributed by atoms with E-state index in [1.165, 1.54) is 7.11 Å². The van der Waals surface area contributed by atoms with Crippen molar-refractivity contribution in [1.82, 2.24) is 19.9 Å². The second-order valence-corrected chi connectivity index (χ2v) is 6.40. The molecule has 0 aliphatic carbocycles. The van der Waals surface area contributed by atoms with E-state index in [4.69, 9.17) is 9.72 Å². The first-order chi connectivity index (χ1) is 13.7. The number of nitrogens with one attached hydrogen (secondary N) is 1. The van der Waals surface area contributed by atoms with Crippen LogP contribution in [0.5, 0.6) is 5.88 Å². The number of carbonyl (C=O) groups excluding carboxylic acids is 1. The number of hydrogen-bond acceptors (Lipinski definition) is 4. The maximum atomic E-state index is 13.0. The highest BCUT2D eigenvalue weighted by Crippen LogP contribution is 2.26. The fraction of sp³-hybridized carbons (Fsp3) is 0.136. The molecule has 0 radical (unpaired) electrons. The molecule has 2 aromatic heterocycles. The number of benzene rings is 2. The maximum absolute atomic E-state index is 13.0.